The van der Waals surface area contributed by atoms with E-state index in [1.54, 1.807) is 0 Å². The van der Waals surface area contributed by atoms with E-state index in [-0.39, 0.29) is 0 Å². The Morgan fingerprint density at radius 1 is 1.26 bits per heavy atom. The molecular formula is C16H30N2O. The van der Waals surface area contributed by atoms with Crippen LogP contribution in [0.15, 0.2) is 6.07 Å². The number of rotatable bonds is 9. The van der Waals surface area contributed by atoms with Gasteiger partial charge >= 0.3 is 0 Å². The second-order valence-corrected chi connectivity index (χ2v) is 5.61. The molecule has 0 bridgehead atoms. The summed E-state index contributed by atoms with van der Waals surface area (Å²) in [6.45, 7) is 15.6. The van der Waals surface area contributed by atoms with Gasteiger partial charge in [0.2, 0.25) is 0 Å². The van der Waals surface area contributed by atoms with Gasteiger partial charge in [0.1, 0.15) is 0 Å². The van der Waals surface area contributed by atoms with Crippen LogP contribution in [0.5, 0.6) is 0 Å². The molecule has 0 unspecified atom stereocenters. The van der Waals surface area contributed by atoms with Gasteiger partial charge in [-0.15, -0.1) is 0 Å². The highest BCUT2D eigenvalue weighted by Gasteiger charge is 2.06. The van der Waals surface area contributed by atoms with Crippen LogP contribution in [0.1, 0.15) is 44.1 Å². The molecule has 1 aromatic heterocycles. The topological polar surface area (TPSA) is 26.2 Å². The van der Waals surface area contributed by atoms with Crippen molar-refractivity contribution in [2.24, 2.45) is 5.92 Å². The molecule has 110 valence electrons. The fourth-order valence-electron chi connectivity index (χ4n) is 2.33. The lowest BCUT2D eigenvalue weighted by atomic mass is 10.1. The first-order valence-corrected chi connectivity index (χ1v) is 7.50. The lowest BCUT2D eigenvalue weighted by Crippen LogP contribution is -2.20. The van der Waals surface area contributed by atoms with E-state index in [1.165, 1.54) is 17.0 Å². The van der Waals surface area contributed by atoms with E-state index >= 15 is 0 Å². The van der Waals surface area contributed by atoms with Crippen molar-refractivity contribution in [3.8, 4) is 0 Å². The molecule has 0 spiro atoms. The summed E-state index contributed by atoms with van der Waals surface area (Å²) in [4.78, 5) is 0. The molecule has 0 amide bonds. The fraction of sp³-hybridized carbons (Fsp3) is 0.750. The Morgan fingerprint density at radius 2 is 2.00 bits per heavy atom. The largest absolute Gasteiger partial charge is 0.380 e. The number of aryl methyl sites for hydroxylation is 1. The molecule has 1 rings (SSSR count). The summed E-state index contributed by atoms with van der Waals surface area (Å²) in [5.74, 6) is 0.729. The Bertz CT molecular complexity index is 369. The molecule has 0 radical (unpaired) electrons. The molecule has 0 aromatic carbocycles. The molecule has 0 aliphatic carbocycles. The zero-order chi connectivity index (χ0) is 14.3. The first-order valence-electron chi connectivity index (χ1n) is 7.50. The van der Waals surface area contributed by atoms with Gasteiger partial charge in [0.15, 0.2) is 0 Å². The van der Waals surface area contributed by atoms with Gasteiger partial charge < -0.3 is 14.6 Å². The molecule has 1 aromatic rings. The zero-order valence-corrected chi connectivity index (χ0v) is 13.3. The van der Waals surface area contributed by atoms with Crippen LogP contribution in [0.3, 0.4) is 0 Å². The van der Waals surface area contributed by atoms with Gasteiger partial charge in [0, 0.05) is 37.6 Å². The second kappa shape index (κ2) is 8.39. The van der Waals surface area contributed by atoms with E-state index in [2.05, 4.69) is 50.6 Å². The van der Waals surface area contributed by atoms with Crippen molar-refractivity contribution in [1.82, 2.24) is 9.88 Å². The van der Waals surface area contributed by atoms with Gasteiger partial charge in [-0.2, -0.15) is 0 Å². The molecule has 0 saturated heterocycles. The minimum absolute atomic E-state index is 0.729. The van der Waals surface area contributed by atoms with Gasteiger partial charge in [0.05, 0.1) is 6.61 Å². The van der Waals surface area contributed by atoms with Crippen molar-refractivity contribution < 1.29 is 4.74 Å². The van der Waals surface area contributed by atoms with E-state index < -0.39 is 0 Å². The number of hydrogen-bond acceptors (Lipinski definition) is 2. The minimum Gasteiger partial charge on any atom is -0.380 e. The Hall–Kier alpha value is -0.800. The quantitative estimate of drug-likeness (QED) is 0.694. The van der Waals surface area contributed by atoms with Crippen LogP contribution in [0.2, 0.25) is 0 Å². The average molecular weight is 266 g/mol. The molecule has 0 atom stereocenters. The number of hydrogen-bond donors (Lipinski definition) is 1. The molecular weight excluding hydrogens is 236 g/mol. The summed E-state index contributed by atoms with van der Waals surface area (Å²) >= 11 is 0. The maximum Gasteiger partial charge on any atom is 0.0591 e. The number of aromatic nitrogens is 1. The highest BCUT2D eigenvalue weighted by molar-refractivity contribution is 5.26. The second-order valence-electron chi connectivity index (χ2n) is 5.61. The highest BCUT2D eigenvalue weighted by atomic mass is 16.5. The molecule has 0 aliphatic rings. The predicted molar refractivity (Wildman–Crippen MR) is 81.6 cm³/mol. The van der Waals surface area contributed by atoms with Crippen LogP contribution in [0.4, 0.5) is 0 Å². The summed E-state index contributed by atoms with van der Waals surface area (Å²) in [6, 6.07) is 2.28. The van der Waals surface area contributed by atoms with Crippen LogP contribution in [0.25, 0.3) is 0 Å². The molecule has 1 heterocycles. The van der Waals surface area contributed by atoms with E-state index in [9.17, 15) is 0 Å². The van der Waals surface area contributed by atoms with Crippen LogP contribution in [0, 0.1) is 19.8 Å². The average Bonchev–Trinajstić information content (AvgIpc) is 2.62. The first kappa shape index (κ1) is 16.3. The molecule has 0 aliphatic heterocycles. The van der Waals surface area contributed by atoms with Crippen molar-refractivity contribution in [2.45, 2.75) is 54.1 Å². The Morgan fingerprint density at radius 3 is 2.58 bits per heavy atom. The van der Waals surface area contributed by atoms with Crippen molar-refractivity contribution in [3.63, 3.8) is 0 Å². The summed E-state index contributed by atoms with van der Waals surface area (Å²) in [5, 5.41) is 3.46. The van der Waals surface area contributed by atoms with E-state index in [0.717, 1.165) is 45.2 Å². The third kappa shape index (κ3) is 5.37. The van der Waals surface area contributed by atoms with Crippen molar-refractivity contribution in [3.05, 3.63) is 23.0 Å². The van der Waals surface area contributed by atoms with Crippen LogP contribution < -0.4 is 5.32 Å². The summed E-state index contributed by atoms with van der Waals surface area (Å²) < 4.78 is 7.95. The van der Waals surface area contributed by atoms with Crippen LogP contribution in [-0.4, -0.2) is 24.3 Å². The van der Waals surface area contributed by atoms with Crippen molar-refractivity contribution in [2.75, 3.05) is 19.8 Å². The zero-order valence-electron chi connectivity index (χ0n) is 13.3. The fourth-order valence-corrected chi connectivity index (χ4v) is 2.33. The summed E-state index contributed by atoms with van der Waals surface area (Å²) in [7, 11) is 0. The number of nitrogens with one attached hydrogen (secondary N) is 1. The first-order chi connectivity index (χ1) is 9.06. The van der Waals surface area contributed by atoms with Gasteiger partial charge in [-0.1, -0.05) is 13.8 Å². The van der Waals surface area contributed by atoms with Gasteiger partial charge in [0.25, 0.3) is 0 Å². The normalized spacial score (nSPS) is 11.5. The molecule has 19 heavy (non-hydrogen) atoms. The maximum absolute atomic E-state index is 5.60. The standard InChI is InChI=1S/C16H30N2O/c1-6-18-14(4)11-16(15(18)5)12-17-8-10-19-9-7-13(2)3/h11,13,17H,6-10,12H2,1-5H3. The Labute approximate surface area is 118 Å². The Kier molecular flexibility index (Phi) is 7.17. The minimum atomic E-state index is 0.729. The smallest absolute Gasteiger partial charge is 0.0591 e. The number of nitrogens with zero attached hydrogens (tertiary/aromatic N) is 1. The Balaban J connectivity index is 2.19. The lowest BCUT2D eigenvalue weighted by molar-refractivity contribution is 0.125. The number of ether oxygens (including phenoxy) is 1. The van der Waals surface area contributed by atoms with Crippen LogP contribution >= 0.6 is 0 Å². The van der Waals surface area contributed by atoms with Gasteiger partial charge in [-0.05, 0) is 44.7 Å². The van der Waals surface area contributed by atoms with E-state index in [0.29, 0.717) is 0 Å². The summed E-state index contributed by atoms with van der Waals surface area (Å²) in [6.07, 6.45) is 1.15. The SMILES string of the molecule is CCn1c(C)cc(CNCCOCCC(C)C)c1C. The predicted octanol–water partition coefficient (Wildman–Crippen LogP) is 3.28. The van der Waals surface area contributed by atoms with Crippen molar-refractivity contribution in [1.29, 1.82) is 0 Å². The molecule has 3 heteroatoms. The molecule has 3 nitrogen and oxygen atoms in total. The monoisotopic (exact) mass is 266 g/mol. The molecule has 0 fully saturated rings. The molecule has 0 saturated carbocycles. The van der Waals surface area contributed by atoms with E-state index in [4.69, 9.17) is 4.74 Å². The maximum atomic E-state index is 5.60. The van der Waals surface area contributed by atoms with E-state index in [1.807, 2.05) is 0 Å². The van der Waals surface area contributed by atoms with Gasteiger partial charge in [-0.3, -0.25) is 0 Å². The lowest BCUT2D eigenvalue weighted by Gasteiger charge is -2.08. The van der Waals surface area contributed by atoms with Crippen LogP contribution in [-0.2, 0) is 17.8 Å². The summed E-state index contributed by atoms with van der Waals surface area (Å²) in [5.41, 5.74) is 4.14. The third-order valence-electron chi connectivity index (χ3n) is 3.57. The van der Waals surface area contributed by atoms with Crippen molar-refractivity contribution >= 4 is 0 Å². The molecule has 1 N–H and O–H groups in total. The van der Waals surface area contributed by atoms with Gasteiger partial charge in [-0.25, -0.2) is 0 Å². The third-order valence-corrected chi connectivity index (χ3v) is 3.57. The highest BCUT2D eigenvalue weighted by Crippen LogP contribution is 2.14.